The molecule has 1 fully saturated rings. The van der Waals surface area contributed by atoms with E-state index in [1.165, 1.54) is 6.07 Å². The van der Waals surface area contributed by atoms with Crippen molar-refractivity contribution in [2.45, 2.75) is 6.54 Å². The van der Waals surface area contributed by atoms with Crippen molar-refractivity contribution >= 4 is 28.8 Å². The predicted octanol–water partition coefficient (Wildman–Crippen LogP) is 0.905. The number of nitrogens with one attached hydrogen (secondary N) is 2. The molecular weight excluding hydrogens is 374 g/mol. The molecule has 3 aromatic rings. The summed E-state index contributed by atoms with van der Waals surface area (Å²) in [6.45, 7) is 5.67. The van der Waals surface area contributed by atoms with E-state index in [-0.39, 0.29) is 12.3 Å². The first-order chi connectivity index (χ1) is 14.1. The van der Waals surface area contributed by atoms with Crippen molar-refractivity contribution in [2.75, 3.05) is 44.6 Å². The summed E-state index contributed by atoms with van der Waals surface area (Å²) in [6.07, 6.45) is 3.40. The van der Waals surface area contributed by atoms with Crippen LogP contribution in [0.1, 0.15) is 16.1 Å². The number of carbonyl (C=O) groups is 1. The quantitative estimate of drug-likeness (QED) is 0.459. The molecule has 0 radical (unpaired) electrons. The van der Waals surface area contributed by atoms with E-state index in [9.17, 15) is 4.79 Å². The Balaban J connectivity index is 1.36. The van der Waals surface area contributed by atoms with E-state index >= 15 is 0 Å². The molecule has 29 heavy (non-hydrogen) atoms. The molecule has 1 aliphatic heterocycles. The van der Waals surface area contributed by atoms with Crippen LogP contribution < -0.4 is 5.32 Å². The van der Waals surface area contributed by atoms with E-state index in [1.807, 2.05) is 18.3 Å². The molecule has 0 bridgehead atoms. The maximum Gasteiger partial charge on any atom is 0.352 e. The number of rotatable bonds is 7. The average molecular weight is 397 g/mol. The number of pyridine rings is 1. The largest absolute Gasteiger partial charge is 0.477 e. The van der Waals surface area contributed by atoms with Crippen molar-refractivity contribution in [1.29, 1.82) is 0 Å². The summed E-state index contributed by atoms with van der Waals surface area (Å²) in [5, 5.41) is 21.7. The smallest absolute Gasteiger partial charge is 0.352 e. The summed E-state index contributed by atoms with van der Waals surface area (Å²) < 4.78 is 0. The Bertz CT molecular complexity index is 981. The van der Waals surface area contributed by atoms with Crippen LogP contribution in [0.3, 0.4) is 0 Å². The first kappa shape index (κ1) is 19.2. The highest BCUT2D eigenvalue weighted by Gasteiger charge is 2.16. The number of aromatic amines is 1. The Labute approximate surface area is 167 Å². The van der Waals surface area contributed by atoms with Crippen molar-refractivity contribution < 1.29 is 15.0 Å². The molecule has 4 heterocycles. The fourth-order valence-corrected chi connectivity index (χ4v) is 3.37. The Kier molecular flexibility index (Phi) is 5.65. The fraction of sp³-hybridized carbons (Fsp3) is 0.368. The number of H-pyrrole nitrogens is 1. The number of fused-ring (bicyclic) bond motifs is 1. The van der Waals surface area contributed by atoms with E-state index in [1.54, 1.807) is 6.20 Å². The van der Waals surface area contributed by atoms with Gasteiger partial charge in [-0.05, 0) is 17.7 Å². The van der Waals surface area contributed by atoms with Crippen LogP contribution in [0, 0.1) is 0 Å². The lowest BCUT2D eigenvalue weighted by Crippen LogP contribution is -2.46. The molecule has 0 aliphatic carbocycles. The lowest BCUT2D eigenvalue weighted by atomic mass is 10.2. The number of β-amino-alcohol motifs (C(OH)–C–C–N with tert-alkyl or cyclic N) is 1. The second-order valence-corrected chi connectivity index (χ2v) is 7.00. The molecule has 0 spiro atoms. The number of piperazine rings is 1. The van der Waals surface area contributed by atoms with Gasteiger partial charge in [0.05, 0.1) is 6.61 Å². The molecule has 0 atom stereocenters. The normalized spacial score (nSPS) is 15.6. The van der Waals surface area contributed by atoms with Gasteiger partial charge in [0.1, 0.15) is 17.2 Å². The van der Waals surface area contributed by atoms with Gasteiger partial charge in [0, 0.05) is 57.0 Å². The van der Waals surface area contributed by atoms with E-state index < -0.39 is 5.97 Å². The van der Waals surface area contributed by atoms with Crippen LogP contribution in [0.5, 0.6) is 0 Å². The van der Waals surface area contributed by atoms with Crippen molar-refractivity contribution in [1.82, 2.24) is 29.7 Å². The Morgan fingerprint density at radius 2 is 1.93 bits per heavy atom. The average Bonchev–Trinajstić information content (AvgIpc) is 3.15. The molecule has 0 unspecified atom stereocenters. The highest BCUT2D eigenvalue weighted by atomic mass is 16.4. The number of carboxylic acid groups (broad SMARTS) is 1. The summed E-state index contributed by atoms with van der Waals surface area (Å²) in [7, 11) is 0. The fourth-order valence-electron chi connectivity index (χ4n) is 3.37. The van der Waals surface area contributed by atoms with Gasteiger partial charge in [-0.1, -0.05) is 6.07 Å². The molecule has 1 saturated heterocycles. The minimum atomic E-state index is -1.04. The zero-order chi connectivity index (χ0) is 20.2. The van der Waals surface area contributed by atoms with Gasteiger partial charge in [-0.15, -0.1) is 0 Å². The van der Waals surface area contributed by atoms with Gasteiger partial charge in [0.25, 0.3) is 0 Å². The lowest BCUT2D eigenvalue weighted by molar-refractivity contribution is 0.0691. The van der Waals surface area contributed by atoms with Gasteiger partial charge in [0.15, 0.2) is 0 Å². The number of aromatic carboxylic acids is 1. The van der Waals surface area contributed by atoms with E-state index in [0.29, 0.717) is 22.8 Å². The van der Waals surface area contributed by atoms with Crippen molar-refractivity contribution in [2.24, 2.45) is 0 Å². The van der Waals surface area contributed by atoms with Crippen LogP contribution in [0.25, 0.3) is 11.0 Å². The number of nitrogens with zero attached hydrogens (tertiary/aromatic N) is 5. The first-order valence-electron chi connectivity index (χ1n) is 9.47. The number of carboxylic acids is 1. The summed E-state index contributed by atoms with van der Waals surface area (Å²) in [6, 6.07) is 5.39. The van der Waals surface area contributed by atoms with Crippen LogP contribution in [-0.4, -0.2) is 85.2 Å². The molecule has 4 rings (SSSR count). The van der Waals surface area contributed by atoms with Crippen LogP contribution >= 0.6 is 0 Å². The maximum absolute atomic E-state index is 11.0. The molecular formula is C19H23N7O3. The second-order valence-electron chi connectivity index (χ2n) is 7.00. The summed E-state index contributed by atoms with van der Waals surface area (Å²) in [5.41, 5.74) is 1.65. The summed E-state index contributed by atoms with van der Waals surface area (Å²) >= 11 is 0. The highest BCUT2D eigenvalue weighted by Crippen LogP contribution is 2.17. The van der Waals surface area contributed by atoms with Crippen LogP contribution in [-0.2, 0) is 6.54 Å². The van der Waals surface area contributed by atoms with Crippen LogP contribution in [0.2, 0.25) is 0 Å². The molecule has 10 heteroatoms. The molecule has 0 amide bonds. The zero-order valence-electron chi connectivity index (χ0n) is 15.9. The minimum absolute atomic E-state index is 0.0751. The third-order valence-corrected chi connectivity index (χ3v) is 4.95. The number of aliphatic hydroxyl groups excluding tert-OH is 1. The second kappa shape index (κ2) is 8.52. The third kappa shape index (κ3) is 4.67. The van der Waals surface area contributed by atoms with Gasteiger partial charge < -0.3 is 20.5 Å². The molecule has 0 saturated carbocycles. The molecule has 4 N–H and O–H groups in total. The zero-order valence-corrected chi connectivity index (χ0v) is 15.9. The lowest BCUT2D eigenvalue weighted by Gasteiger charge is -2.34. The van der Waals surface area contributed by atoms with E-state index in [4.69, 9.17) is 10.2 Å². The number of aromatic nitrogens is 4. The monoisotopic (exact) mass is 397 g/mol. The SMILES string of the molecule is O=C(O)c1cc2cnc(Nc3ccc(CN4CCN(CCO)CC4)cn3)nc2[nH]1. The minimum Gasteiger partial charge on any atom is -0.477 e. The van der Waals surface area contributed by atoms with Crippen molar-refractivity contribution in [3.8, 4) is 0 Å². The summed E-state index contributed by atoms with van der Waals surface area (Å²) in [5.74, 6) is -0.0769. The van der Waals surface area contributed by atoms with E-state index in [0.717, 1.165) is 44.8 Å². The van der Waals surface area contributed by atoms with Gasteiger partial charge >= 0.3 is 5.97 Å². The standard InChI is InChI=1S/C19H23N7O3/c27-8-7-25-3-5-26(6-4-25)12-13-1-2-16(20-10-13)23-19-21-11-14-9-15(18(28)29)22-17(14)24-19/h1-2,9-11,27H,3-8,12H2,(H,28,29)(H2,20,21,22,23,24). The van der Waals surface area contributed by atoms with Crippen molar-refractivity contribution in [3.63, 3.8) is 0 Å². The van der Waals surface area contributed by atoms with Crippen LogP contribution in [0.15, 0.2) is 30.6 Å². The molecule has 3 aromatic heterocycles. The van der Waals surface area contributed by atoms with Gasteiger partial charge in [0.2, 0.25) is 5.95 Å². The highest BCUT2D eigenvalue weighted by molar-refractivity contribution is 5.92. The Morgan fingerprint density at radius 3 is 2.62 bits per heavy atom. The van der Waals surface area contributed by atoms with Gasteiger partial charge in [-0.3, -0.25) is 9.80 Å². The number of anilines is 2. The number of aliphatic hydroxyl groups is 1. The van der Waals surface area contributed by atoms with Crippen LogP contribution in [0.4, 0.5) is 11.8 Å². The third-order valence-electron chi connectivity index (χ3n) is 4.95. The Hall–Kier alpha value is -3.08. The molecule has 10 nitrogen and oxygen atoms in total. The number of hydrogen-bond donors (Lipinski definition) is 4. The van der Waals surface area contributed by atoms with E-state index in [2.05, 4.69) is 35.1 Å². The van der Waals surface area contributed by atoms with Crippen molar-refractivity contribution in [3.05, 3.63) is 41.9 Å². The molecule has 1 aliphatic rings. The Morgan fingerprint density at radius 1 is 1.14 bits per heavy atom. The van der Waals surface area contributed by atoms with Gasteiger partial charge in [-0.2, -0.15) is 4.98 Å². The van der Waals surface area contributed by atoms with Gasteiger partial charge in [-0.25, -0.2) is 14.8 Å². The first-order valence-corrected chi connectivity index (χ1v) is 9.47. The topological polar surface area (TPSA) is 130 Å². The molecule has 152 valence electrons. The molecule has 0 aromatic carbocycles. The predicted molar refractivity (Wildman–Crippen MR) is 107 cm³/mol. The summed E-state index contributed by atoms with van der Waals surface area (Å²) in [4.78, 5) is 31.4. The maximum atomic E-state index is 11.0. The number of hydrogen-bond acceptors (Lipinski definition) is 8.